The number of carbonyl (C=O) groups is 1. The van der Waals surface area contributed by atoms with Gasteiger partial charge in [0.25, 0.3) is 0 Å². The third kappa shape index (κ3) is 2.80. The van der Waals surface area contributed by atoms with Crippen molar-refractivity contribution in [1.82, 2.24) is 25.0 Å². The third-order valence-electron chi connectivity index (χ3n) is 1.70. The highest BCUT2D eigenvalue weighted by Crippen LogP contribution is 2.28. The normalized spacial score (nSPS) is 10.5. The molecule has 0 aliphatic carbocycles. The van der Waals surface area contributed by atoms with Gasteiger partial charge in [-0.15, -0.1) is 10.2 Å². The minimum Gasteiger partial charge on any atom is -0.461 e. The number of aromatic nitrogens is 5. The van der Waals surface area contributed by atoms with Crippen LogP contribution in [0.15, 0.2) is 15.8 Å². The largest absolute Gasteiger partial charge is 0.461 e. The minimum absolute atomic E-state index is 0.247. The van der Waals surface area contributed by atoms with Gasteiger partial charge in [0.1, 0.15) is 6.33 Å². The Kier molecular flexibility index (Phi) is 3.69. The number of carbonyl (C=O) groups excluding carboxylic acids is 1. The standard InChI is InChI=1S/C8H9N5O2S2/c1-3-15-6(14)5-11-12-8(16-5)17-7-9-4-10-13(7)2/h4H,3H2,1-2H3. The summed E-state index contributed by atoms with van der Waals surface area (Å²) in [5, 5.41) is 12.5. The zero-order valence-electron chi connectivity index (χ0n) is 9.15. The number of aryl methyl sites for hydroxylation is 1. The fourth-order valence-electron chi connectivity index (χ4n) is 0.982. The van der Waals surface area contributed by atoms with Gasteiger partial charge in [-0.05, 0) is 18.7 Å². The molecule has 7 nitrogen and oxygen atoms in total. The van der Waals surface area contributed by atoms with E-state index in [4.69, 9.17) is 4.74 Å². The summed E-state index contributed by atoms with van der Waals surface area (Å²) in [4.78, 5) is 15.4. The maximum Gasteiger partial charge on any atom is 0.369 e. The molecule has 0 aliphatic rings. The molecule has 2 aromatic heterocycles. The Morgan fingerprint density at radius 2 is 2.41 bits per heavy atom. The van der Waals surface area contributed by atoms with Gasteiger partial charge in [-0.2, -0.15) is 5.10 Å². The van der Waals surface area contributed by atoms with E-state index in [2.05, 4.69) is 20.3 Å². The first kappa shape index (κ1) is 12.0. The van der Waals surface area contributed by atoms with Gasteiger partial charge in [-0.1, -0.05) is 11.3 Å². The van der Waals surface area contributed by atoms with Crippen LogP contribution in [0.2, 0.25) is 0 Å². The van der Waals surface area contributed by atoms with Crippen LogP contribution in [0.5, 0.6) is 0 Å². The van der Waals surface area contributed by atoms with Crippen molar-refractivity contribution in [1.29, 1.82) is 0 Å². The van der Waals surface area contributed by atoms with Crippen LogP contribution in [0, 0.1) is 0 Å². The Balaban J connectivity index is 2.09. The number of esters is 1. The summed E-state index contributed by atoms with van der Waals surface area (Å²) in [6.07, 6.45) is 1.45. The van der Waals surface area contributed by atoms with Crippen molar-refractivity contribution in [2.75, 3.05) is 6.61 Å². The zero-order chi connectivity index (χ0) is 12.3. The van der Waals surface area contributed by atoms with Gasteiger partial charge in [-0.25, -0.2) is 14.5 Å². The number of hydrogen-bond acceptors (Lipinski definition) is 8. The number of rotatable bonds is 4. The van der Waals surface area contributed by atoms with Crippen LogP contribution < -0.4 is 0 Å². The predicted molar refractivity (Wildman–Crippen MR) is 61.0 cm³/mol. The second kappa shape index (κ2) is 5.23. The SMILES string of the molecule is CCOC(=O)c1nnc(Sc2ncnn2C)s1. The second-order valence-corrected chi connectivity index (χ2v) is 5.05. The van der Waals surface area contributed by atoms with Crippen molar-refractivity contribution in [3.05, 3.63) is 11.3 Å². The Labute approximate surface area is 105 Å². The molecule has 2 aromatic rings. The first-order valence-corrected chi connectivity index (χ1v) is 6.36. The van der Waals surface area contributed by atoms with Crippen LogP contribution in [0.1, 0.15) is 16.7 Å². The molecule has 9 heteroatoms. The smallest absolute Gasteiger partial charge is 0.369 e. The van der Waals surface area contributed by atoms with E-state index in [-0.39, 0.29) is 5.01 Å². The van der Waals surface area contributed by atoms with Crippen LogP contribution >= 0.6 is 23.1 Å². The summed E-state index contributed by atoms with van der Waals surface area (Å²) in [5.41, 5.74) is 0. The summed E-state index contributed by atoms with van der Waals surface area (Å²) in [6.45, 7) is 2.07. The molecule has 0 aliphatic heterocycles. The zero-order valence-corrected chi connectivity index (χ0v) is 10.8. The van der Waals surface area contributed by atoms with E-state index in [1.165, 1.54) is 29.4 Å². The van der Waals surface area contributed by atoms with E-state index in [1.54, 1.807) is 18.7 Å². The van der Waals surface area contributed by atoms with Gasteiger partial charge in [0.15, 0.2) is 9.50 Å². The first-order chi connectivity index (χ1) is 8.20. The summed E-state index contributed by atoms with van der Waals surface area (Å²) in [5.74, 6) is -0.449. The lowest BCUT2D eigenvalue weighted by molar-refractivity contribution is 0.0525. The van der Waals surface area contributed by atoms with Crippen molar-refractivity contribution >= 4 is 29.1 Å². The Bertz CT molecular complexity index is 523. The van der Waals surface area contributed by atoms with Gasteiger partial charge >= 0.3 is 5.97 Å². The molecule has 2 heterocycles. The monoisotopic (exact) mass is 271 g/mol. The minimum atomic E-state index is -0.449. The molecule has 0 fully saturated rings. The van der Waals surface area contributed by atoms with Crippen LogP contribution in [0.3, 0.4) is 0 Å². The third-order valence-corrected chi connectivity index (χ3v) is 3.71. The average Bonchev–Trinajstić information content (AvgIpc) is 2.90. The van der Waals surface area contributed by atoms with Gasteiger partial charge in [0.05, 0.1) is 6.61 Å². The Morgan fingerprint density at radius 3 is 3.06 bits per heavy atom. The lowest BCUT2D eigenvalue weighted by atomic mass is 10.7. The fourth-order valence-corrected chi connectivity index (χ4v) is 2.60. The summed E-state index contributed by atoms with van der Waals surface area (Å²) < 4.78 is 7.08. The molecule has 0 atom stereocenters. The highest BCUT2D eigenvalue weighted by atomic mass is 32.2. The molecule has 2 rings (SSSR count). The van der Waals surface area contributed by atoms with Crippen LogP contribution in [0.4, 0.5) is 0 Å². The van der Waals surface area contributed by atoms with Gasteiger partial charge in [-0.3, -0.25) is 0 Å². The van der Waals surface area contributed by atoms with Gasteiger partial charge < -0.3 is 4.74 Å². The molecular weight excluding hydrogens is 262 g/mol. The topological polar surface area (TPSA) is 82.8 Å². The van der Waals surface area contributed by atoms with E-state index in [0.29, 0.717) is 16.1 Å². The molecule has 17 heavy (non-hydrogen) atoms. The van der Waals surface area contributed by atoms with E-state index >= 15 is 0 Å². The van der Waals surface area contributed by atoms with Crippen LogP contribution in [-0.4, -0.2) is 37.5 Å². The van der Waals surface area contributed by atoms with Crippen molar-refractivity contribution in [2.45, 2.75) is 16.4 Å². The second-order valence-electron chi connectivity index (χ2n) is 2.86. The molecule has 0 unspecified atom stereocenters. The lowest BCUT2D eigenvalue weighted by Gasteiger charge is -1.95. The molecule has 0 spiro atoms. The van der Waals surface area contributed by atoms with Gasteiger partial charge in [0.2, 0.25) is 5.01 Å². The van der Waals surface area contributed by atoms with E-state index < -0.39 is 5.97 Å². The first-order valence-electron chi connectivity index (χ1n) is 4.73. The molecule has 0 bridgehead atoms. The van der Waals surface area contributed by atoms with Crippen molar-refractivity contribution in [3.8, 4) is 0 Å². The lowest BCUT2D eigenvalue weighted by Crippen LogP contribution is -2.03. The summed E-state index contributed by atoms with van der Waals surface area (Å²) in [6, 6.07) is 0. The molecule has 0 radical (unpaired) electrons. The molecule has 0 aromatic carbocycles. The molecule has 0 amide bonds. The van der Waals surface area contributed by atoms with Crippen molar-refractivity contribution in [3.63, 3.8) is 0 Å². The van der Waals surface area contributed by atoms with Crippen LogP contribution in [0.25, 0.3) is 0 Å². The van der Waals surface area contributed by atoms with E-state index in [1.807, 2.05) is 0 Å². The van der Waals surface area contributed by atoms with Crippen molar-refractivity contribution in [2.24, 2.45) is 7.05 Å². The quantitative estimate of drug-likeness (QED) is 0.767. The molecule has 0 saturated carbocycles. The van der Waals surface area contributed by atoms with E-state index in [0.717, 1.165) is 0 Å². The molecule has 90 valence electrons. The maximum atomic E-state index is 11.4. The van der Waals surface area contributed by atoms with Gasteiger partial charge in [0, 0.05) is 7.05 Å². The summed E-state index contributed by atoms with van der Waals surface area (Å²) >= 11 is 2.48. The maximum absolute atomic E-state index is 11.4. The highest BCUT2D eigenvalue weighted by molar-refractivity contribution is 8.00. The fraction of sp³-hybridized carbons (Fsp3) is 0.375. The highest BCUT2D eigenvalue weighted by Gasteiger charge is 2.15. The molecule has 0 N–H and O–H groups in total. The molecular formula is C8H9N5O2S2. The Morgan fingerprint density at radius 1 is 1.59 bits per heavy atom. The number of hydrogen-bond donors (Lipinski definition) is 0. The predicted octanol–water partition coefficient (Wildman–Crippen LogP) is 0.995. The number of ether oxygens (including phenoxy) is 1. The van der Waals surface area contributed by atoms with Crippen LogP contribution in [-0.2, 0) is 11.8 Å². The van der Waals surface area contributed by atoms with Crippen molar-refractivity contribution < 1.29 is 9.53 Å². The van der Waals surface area contributed by atoms with E-state index in [9.17, 15) is 4.79 Å². The average molecular weight is 271 g/mol. The molecule has 0 saturated heterocycles. The Hall–Kier alpha value is -1.48. The number of nitrogens with zero attached hydrogens (tertiary/aromatic N) is 5. The summed E-state index contributed by atoms with van der Waals surface area (Å²) in [7, 11) is 1.78.